The van der Waals surface area contributed by atoms with Crippen LogP contribution in [0.5, 0.6) is 0 Å². The molecule has 2 rings (SSSR count). The Morgan fingerprint density at radius 3 is 1.60 bits per heavy atom. The Morgan fingerprint density at radius 1 is 0.640 bits per heavy atom. The van der Waals surface area contributed by atoms with Gasteiger partial charge in [-0.1, -0.05) is 120 Å². The van der Waals surface area contributed by atoms with E-state index < -0.39 is 0 Å². The van der Waals surface area contributed by atoms with Gasteiger partial charge in [0.15, 0.2) is 0 Å². The molecule has 2 aromatic rings. The van der Waals surface area contributed by atoms with Gasteiger partial charge in [0.25, 0.3) is 0 Å². The predicted octanol–water partition coefficient (Wildman–Crippen LogP) is 8.04. The molecule has 1 unspecified atom stereocenters. The molecule has 0 saturated heterocycles. The van der Waals surface area contributed by atoms with Crippen LogP contribution >= 0.6 is 0 Å². The van der Waals surface area contributed by atoms with Gasteiger partial charge in [-0.3, -0.25) is 0 Å². The first-order chi connectivity index (χ1) is 12.2. The molecule has 0 aromatic heterocycles. The number of rotatable bonds is 9. The third kappa shape index (κ3) is 9.48. The first-order valence-corrected chi connectivity index (χ1v) is 10.3. The van der Waals surface area contributed by atoms with Crippen LogP contribution in [0.2, 0.25) is 0 Å². The van der Waals surface area contributed by atoms with Crippen molar-refractivity contribution in [3.63, 3.8) is 0 Å². The highest BCUT2D eigenvalue weighted by atomic mass is 14.1. The average molecular weight is 339 g/mol. The monoisotopic (exact) mass is 338 g/mol. The van der Waals surface area contributed by atoms with Crippen LogP contribution in [-0.4, -0.2) is 0 Å². The van der Waals surface area contributed by atoms with Gasteiger partial charge in [-0.2, -0.15) is 0 Å². The fraction of sp³-hybridized carbons (Fsp3) is 0.520. The lowest BCUT2D eigenvalue weighted by atomic mass is 9.91. The van der Waals surface area contributed by atoms with E-state index in [1.165, 1.54) is 56.1 Å². The van der Waals surface area contributed by atoms with Gasteiger partial charge in [-0.25, -0.2) is 0 Å². The Labute approximate surface area is 156 Å². The van der Waals surface area contributed by atoms with E-state index in [0.717, 1.165) is 11.8 Å². The highest BCUT2D eigenvalue weighted by Crippen LogP contribution is 2.19. The molecule has 1 atom stereocenters. The van der Waals surface area contributed by atoms with Crippen LogP contribution in [0.3, 0.4) is 0 Å². The number of benzene rings is 2. The lowest BCUT2D eigenvalue weighted by Gasteiger charge is -2.14. The van der Waals surface area contributed by atoms with Gasteiger partial charge in [0.05, 0.1) is 0 Å². The van der Waals surface area contributed by atoms with Crippen molar-refractivity contribution >= 4 is 0 Å². The molecule has 0 aliphatic rings. The fourth-order valence-corrected chi connectivity index (χ4v) is 3.49. The first kappa shape index (κ1) is 21.5. The highest BCUT2D eigenvalue weighted by molar-refractivity contribution is 5.18. The molecular formula is C25H38. The molecular weight excluding hydrogens is 300 g/mol. The van der Waals surface area contributed by atoms with E-state index in [4.69, 9.17) is 0 Å². The molecule has 25 heavy (non-hydrogen) atoms. The van der Waals surface area contributed by atoms with Crippen LogP contribution in [-0.2, 0) is 6.42 Å². The second-order valence-electron chi connectivity index (χ2n) is 7.23. The van der Waals surface area contributed by atoms with E-state index in [0.29, 0.717) is 0 Å². The smallest absolute Gasteiger partial charge is 0.0190 e. The molecule has 0 amide bonds. The molecule has 0 nitrogen and oxygen atoms in total. The molecule has 0 radical (unpaired) electrons. The third-order valence-corrected chi connectivity index (χ3v) is 4.85. The van der Waals surface area contributed by atoms with Gasteiger partial charge in [0.2, 0.25) is 0 Å². The van der Waals surface area contributed by atoms with Crippen molar-refractivity contribution in [2.75, 3.05) is 0 Å². The van der Waals surface area contributed by atoms with Crippen LogP contribution in [0.4, 0.5) is 0 Å². The minimum Gasteiger partial charge on any atom is -0.0654 e. The van der Waals surface area contributed by atoms with E-state index in [1.807, 2.05) is 0 Å². The van der Waals surface area contributed by atoms with E-state index in [1.54, 1.807) is 0 Å². The summed E-state index contributed by atoms with van der Waals surface area (Å²) in [5.74, 6) is 1.62. The summed E-state index contributed by atoms with van der Waals surface area (Å²) in [4.78, 5) is 0. The minimum absolute atomic E-state index is 0.723. The highest BCUT2D eigenvalue weighted by Gasteiger charge is 2.07. The average Bonchev–Trinajstić information content (AvgIpc) is 2.64. The Balaban J connectivity index is 0.000000257. The number of hydrogen-bond acceptors (Lipinski definition) is 0. The van der Waals surface area contributed by atoms with Crippen LogP contribution in [0.15, 0.2) is 60.7 Å². The molecule has 0 saturated carbocycles. The summed E-state index contributed by atoms with van der Waals surface area (Å²) >= 11 is 0. The Morgan fingerprint density at radius 2 is 1.12 bits per heavy atom. The van der Waals surface area contributed by atoms with Crippen molar-refractivity contribution in [1.29, 1.82) is 0 Å². The van der Waals surface area contributed by atoms with Crippen LogP contribution in [0.25, 0.3) is 0 Å². The first-order valence-electron chi connectivity index (χ1n) is 10.3. The minimum atomic E-state index is 0.723. The maximum atomic E-state index is 2.29. The molecule has 2 aromatic carbocycles. The van der Waals surface area contributed by atoms with E-state index in [9.17, 15) is 0 Å². The predicted molar refractivity (Wildman–Crippen MR) is 113 cm³/mol. The van der Waals surface area contributed by atoms with E-state index in [-0.39, 0.29) is 0 Å². The van der Waals surface area contributed by atoms with Crippen LogP contribution < -0.4 is 0 Å². The maximum absolute atomic E-state index is 2.29. The maximum Gasteiger partial charge on any atom is -0.0190 e. The van der Waals surface area contributed by atoms with Crippen LogP contribution in [0.1, 0.15) is 83.3 Å². The van der Waals surface area contributed by atoms with Gasteiger partial charge in [-0.15, -0.1) is 0 Å². The van der Waals surface area contributed by atoms with Crippen molar-refractivity contribution in [2.24, 2.45) is 5.92 Å². The van der Waals surface area contributed by atoms with Gasteiger partial charge < -0.3 is 0 Å². The van der Waals surface area contributed by atoms with Gasteiger partial charge >= 0.3 is 0 Å². The van der Waals surface area contributed by atoms with Crippen LogP contribution in [0, 0.1) is 5.92 Å². The largest absolute Gasteiger partial charge is 0.0654 e. The van der Waals surface area contributed by atoms with Gasteiger partial charge in [0, 0.05) is 0 Å². The van der Waals surface area contributed by atoms with Crippen molar-refractivity contribution in [1.82, 2.24) is 0 Å². The van der Waals surface area contributed by atoms with Gasteiger partial charge in [-0.05, 0) is 35.8 Å². The molecule has 0 heterocycles. The topological polar surface area (TPSA) is 0 Å². The zero-order chi connectivity index (χ0) is 18.3. The summed E-state index contributed by atoms with van der Waals surface area (Å²) in [6.07, 6.45) is 9.23. The molecule has 138 valence electrons. The Kier molecular flexibility index (Phi) is 11.8. The Bertz CT molecular complexity index is 508. The van der Waals surface area contributed by atoms with E-state index >= 15 is 0 Å². The van der Waals surface area contributed by atoms with Crippen molar-refractivity contribution < 1.29 is 0 Å². The SMILES string of the molecule is CCCC(C)c1ccccc1.CCCC(CCC)Cc1ccccc1. The normalized spacial score (nSPS) is 11.7. The second kappa shape index (κ2) is 13.7. The fourth-order valence-electron chi connectivity index (χ4n) is 3.49. The summed E-state index contributed by atoms with van der Waals surface area (Å²) < 4.78 is 0. The van der Waals surface area contributed by atoms with Crippen molar-refractivity contribution in [2.45, 2.75) is 78.6 Å². The summed E-state index contributed by atoms with van der Waals surface area (Å²) in [7, 11) is 0. The molecule has 0 heteroatoms. The molecule has 0 spiro atoms. The lowest BCUT2D eigenvalue weighted by molar-refractivity contribution is 0.438. The molecule has 0 bridgehead atoms. The molecule has 0 aliphatic carbocycles. The van der Waals surface area contributed by atoms with E-state index in [2.05, 4.69) is 88.4 Å². The summed E-state index contributed by atoms with van der Waals surface area (Å²) in [5, 5.41) is 0. The number of hydrogen-bond donors (Lipinski definition) is 0. The zero-order valence-electron chi connectivity index (χ0n) is 16.9. The molecule has 0 fully saturated rings. The summed E-state index contributed by atoms with van der Waals surface area (Å²) in [6, 6.07) is 21.6. The second-order valence-corrected chi connectivity index (χ2v) is 7.23. The Hall–Kier alpha value is -1.56. The summed E-state index contributed by atoms with van der Waals surface area (Å²) in [6.45, 7) is 9.10. The standard InChI is InChI=1S/C14H22.C11H16/c1-3-8-13(9-4-2)12-14-10-6-5-7-11-14;1-3-7-10(2)11-8-5-4-6-9-11/h5-7,10-11,13H,3-4,8-9,12H2,1-2H3;4-6,8-10H,3,7H2,1-2H3. The third-order valence-electron chi connectivity index (χ3n) is 4.85. The van der Waals surface area contributed by atoms with Gasteiger partial charge in [0.1, 0.15) is 0 Å². The molecule has 0 aliphatic heterocycles. The molecule has 0 N–H and O–H groups in total. The lowest BCUT2D eigenvalue weighted by Crippen LogP contribution is -2.03. The summed E-state index contributed by atoms with van der Waals surface area (Å²) in [5.41, 5.74) is 2.97. The van der Waals surface area contributed by atoms with Crippen molar-refractivity contribution in [3.05, 3.63) is 71.8 Å². The quantitative estimate of drug-likeness (QED) is 0.434. The zero-order valence-corrected chi connectivity index (χ0v) is 16.9. The van der Waals surface area contributed by atoms with Crippen molar-refractivity contribution in [3.8, 4) is 0 Å².